The van der Waals surface area contributed by atoms with Crippen LogP contribution in [0.5, 0.6) is 5.75 Å². The van der Waals surface area contributed by atoms with Gasteiger partial charge in [-0.3, -0.25) is 0 Å². The van der Waals surface area contributed by atoms with Crippen molar-refractivity contribution in [3.63, 3.8) is 0 Å². The molecule has 3 N–H and O–H groups in total. The van der Waals surface area contributed by atoms with Crippen LogP contribution in [0.3, 0.4) is 0 Å². The van der Waals surface area contributed by atoms with Crippen molar-refractivity contribution in [3.8, 4) is 5.75 Å². The van der Waals surface area contributed by atoms with Gasteiger partial charge in [-0.2, -0.15) is 0 Å². The lowest BCUT2D eigenvalue weighted by molar-refractivity contribution is 0.336. The first-order valence-electron chi connectivity index (χ1n) is 6.20. The van der Waals surface area contributed by atoms with E-state index in [-0.39, 0.29) is 0 Å². The zero-order valence-corrected chi connectivity index (χ0v) is 13.8. The molecule has 0 heterocycles. The van der Waals surface area contributed by atoms with Crippen molar-refractivity contribution in [1.82, 2.24) is 5.32 Å². The fraction of sp³-hybridized carbons (Fsp3) is 0.538. The summed E-state index contributed by atoms with van der Waals surface area (Å²) >= 11 is 7.07. The Morgan fingerprint density at radius 1 is 1.22 bits per heavy atom. The number of hydrogen-bond acceptors (Lipinski definition) is 3. The predicted octanol–water partition coefficient (Wildman–Crippen LogP) is 3.44. The molecule has 0 aliphatic heterocycles. The Bertz CT molecular complexity index is 349. The van der Waals surface area contributed by atoms with Gasteiger partial charge in [0.2, 0.25) is 0 Å². The van der Waals surface area contributed by atoms with Gasteiger partial charge in [-0.05, 0) is 82.4 Å². The average Bonchev–Trinajstić information content (AvgIpc) is 2.33. The molecular formula is C13H20Br2N2O. The molecule has 0 atom stereocenters. The van der Waals surface area contributed by atoms with E-state index >= 15 is 0 Å². The Labute approximate surface area is 126 Å². The number of rotatable bonds is 8. The lowest BCUT2D eigenvalue weighted by Crippen LogP contribution is -2.16. The van der Waals surface area contributed by atoms with Gasteiger partial charge in [-0.15, -0.1) is 0 Å². The topological polar surface area (TPSA) is 47.3 Å². The summed E-state index contributed by atoms with van der Waals surface area (Å²) < 4.78 is 7.52. The van der Waals surface area contributed by atoms with Gasteiger partial charge in [0, 0.05) is 6.54 Å². The van der Waals surface area contributed by atoms with Crippen LogP contribution in [-0.2, 0) is 6.54 Å². The van der Waals surface area contributed by atoms with Crippen LogP contribution in [0, 0.1) is 0 Å². The zero-order chi connectivity index (χ0) is 13.4. The van der Waals surface area contributed by atoms with Crippen LogP contribution in [0.15, 0.2) is 21.1 Å². The van der Waals surface area contributed by atoms with E-state index in [0.717, 1.165) is 47.2 Å². The highest BCUT2D eigenvalue weighted by atomic mass is 79.9. The fourth-order valence-corrected chi connectivity index (χ4v) is 3.13. The number of halogens is 2. The molecule has 0 unspecified atom stereocenters. The first-order chi connectivity index (χ1) is 8.69. The van der Waals surface area contributed by atoms with Crippen LogP contribution in [0.1, 0.15) is 25.3 Å². The first kappa shape index (κ1) is 16.0. The van der Waals surface area contributed by atoms with Crippen LogP contribution < -0.4 is 15.8 Å². The van der Waals surface area contributed by atoms with E-state index in [1.807, 2.05) is 6.92 Å². The Kier molecular flexibility index (Phi) is 7.90. The summed E-state index contributed by atoms with van der Waals surface area (Å²) in [5.41, 5.74) is 6.68. The maximum absolute atomic E-state index is 5.55. The van der Waals surface area contributed by atoms with E-state index < -0.39 is 0 Å². The third kappa shape index (κ3) is 5.26. The number of unbranched alkanes of at least 4 members (excludes halogenated alkanes) is 1. The molecule has 0 radical (unpaired) electrons. The SMILES string of the molecule is CCOc1c(Br)cc(CNCCCCN)cc1Br. The summed E-state index contributed by atoms with van der Waals surface area (Å²) in [7, 11) is 0. The Morgan fingerprint density at radius 3 is 2.44 bits per heavy atom. The summed E-state index contributed by atoms with van der Waals surface area (Å²) in [5, 5.41) is 3.40. The summed E-state index contributed by atoms with van der Waals surface area (Å²) in [4.78, 5) is 0. The van der Waals surface area contributed by atoms with Crippen LogP contribution in [-0.4, -0.2) is 19.7 Å². The number of nitrogens with two attached hydrogens (primary N) is 1. The average molecular weight is 380 g/mol. The van der Waals surface area contributed by atoms with E-state index in [4.69, 9.17) is 10.5 Å². The van der Waals surface area contributed by atoms with Gasteiger partial charge in [0.1, 0.15) is 5.75 Å². The Balaban J connectivity index is 2.52. The molecule has 3 nitrogen and oxygen atoms in total. The van der Waals surface area contributed by atoms with Gasteiger partial charge in [-0.1, -0.05) is 0 Å². The van der Waals surface area contributed by atoms with Crippen molar-refractivity contribution in [2.24, 2.45) is 5.73 Å². The highest BCUT2D eigenvalue weighted by molar-refractivity contribution is 9.11. The van der Waals surface area contributed by atoms with Gasteiger partial charge in [0.25, 0.3) is 0 Å². The highest BCUT2D eigenvalue weighted by Crippen LogP contribution is 2.34. The van der Waals surface area contributed by atoms with Crippen LogP contribution in [0.2, 0.25) is 0 Å². The highest BCUT2D eigenvalue weighted by Gasteiger charge is 2.08. The maximum atomic E-state index is 5.55. The van der Waals surface area contributed by atoms with E-state index in [1.165, 1.54) is 5.56 Å². The summed E-state index contributed by atoms with van der Waals surface area (Å²) in [5.74, 6) is 0.865. The van der Waals surface area contributed by atoms with E-state index in [0.29, 0.717) is 6.61 Å². The van der Waals surface area contributed by atoms with Crippen LogP contribution in [0.25, 0.3) is 0 Å². The van der Waals surface area contributed by atoms with Gasteiger partial charge >= 0.3 is 0 Å². The molecule has 1 rings (SSSR count). The van der Waals surface area contributed by atoms with Crippen molar-refractivity contribution in [2.75, 3.05) is 19.7 Å². The summed E-state index contributed by atoms with van der Waals surface area (Å²) in [6.45, 7) is 5.26. The molecule has 1 aromatic rings. The van der Waals surface area contributed by atoms with E-state index in [2.05, 4.69) is 49.3 Å². The van der Waals surface area contributed by atoms with Gasteiger partial charge in [-0.25, -0.2) is 0 Å². The zero-order valence-electron chi connectivity index (χ0n) is 10.6. The number of nitrogens with one attached hydrogen (secondary N) is 1. The third-order valence-electron chi connectivity index (χ3n) is 2.48. The molecule has 102 valence electrons. The lowest BCUT2D eigenvalue weighted by atomic mass is 10.2. The minimum Gasteiger partial charge on any atom is -0.492 e. The molecule has 0 bridgehead atoms. The summed E-state index contributed by atoms with van der Waals surface area (Å²) in [6.07, 6.45) is 2.19. The monoisotopic (exact) mass is 378 g/mol. The molecule has 0 saturated heterocycles. The smallest absolute Gasteiger partial charge is 0.147 e. The van der Waals surface area contributed by atoms with Crippen molar-refractivity contribution in [3.05, 3.63) is 26.6 Å². The fourth-order valence-electron chi connectivity index (χ4n) is 1.62. The molecule has 0 spiro atoms. The summed E-state index contributed by atoms with van der Waals surface area (Å²) in [6, 6.07) is 4.18. The molecule has 0 aliphatic carbocycles. The minimum absolute atomic E-state index is 0.661. The van der Waals surface area contributed by atoms with Crippen LogP contribution >= 0.6 is 31.9 Å². The van der Waals surface area contributed by atoms with Gasteiger partial charge < -0.3 is 15.8 Å². The third-order valence-corrected chi connectivity index (χ3v) is 3.66. The van der Waals surface area contributed by atoms with Crippen molar-refractivity contribution in [1.29, 1.82) is 0 Å². The molecule has 0 aliphatic rings. The number of hydrogen-bond donors (Lipinski definition) is 2. The normalized spacial score (nSPS) is 10.7. The second-order valence-corrected chi connectivity index (χ2v) is 5.70. The Morgan fingerprint density at radius 2 is 1.89 bits per heavy atom. The molecular weight excluding hydrogens is 360 g/mol. The van der Waals surface area contributed by atoms with Crippen molar-refractivity contribution >= 4 is 31.9 Å². The minimum atomic E-state index is 0.661. The second kappa shape index (κ2) is 8.91. The molecule has 0 aromatic heterocycles. The van der Waals surface area contributed by atoms with Gasteiger partial charge in [0.15, 0.2) is 0 Å². The Hall–Kier alpha value is -0.100. The molecule has 0 amide bonds. The number of benzene rings is 1. The standard InChI is InChI=1S/C13H20Br2N2O/c1-2-18-13-11(14)7-10(8-12(13)15)9-17-6-4-3-5-16/h7-8,17H,2-6,9,16H2,1H3. The molecule has 0 saturated carbocycles. The second-order valence-electron chi connectivity index (χ2n) is 3.99. The number of ether oxygens (including phenoxy) is 1. The quantitative estimate of drug-likeness (QED) is 0.680. The van der Waals surface area contributed by atoms with Crippen molar-refractivity contribution in [2.45, 2.75) is 26.3 Å². The maximum Gasteiger partial charge on any atom is 0.147 e. The van der Waals surface area contributed by atoms with Crippen LogP contribution in [0.4, 0.5) is 0 Å². The molecule has 5 heteroatoms. The first-order valence-corrected chi connectivity index (χ1v) is 7.79. The van der Waals surface area contributed by atoms with E-state index in [1.54, 1.807) is 0 Å². The molecule has 0 fully saturated rings. The van der Waals surface area contributed by atoms with Crippen molar-refractivity contribution < 1.29 is 4.74 Å². The molecule has 1 aromatic carbocycles. The largest absolute Gasteiger partial charge is 0.492 e. The van der Waals surface area contributed by atoms with Gasteiger partial charge in [0.05, 0.1) is 15.6 Å². The lowest BCUT2D eigenvalue weighted by Gasteiger charge is -2.11. The molecule has 18 heavy (non-hydrogen) atoms. The predicted molar refractivity (Wildman–Crippen MR) is 83.0 cm³/mol. The van der Waals surface area contributed by atoms with E-state index in [9.17, 15) is 0 Å².